The number of likely N-dealkylation sites (tertiary alicyclic amines) is 2. The average Bonchev–Trinajstić information content (AvgIpc) is 3.48. The van der Waals surface area contributed by atoms with E-state index in [0.717, 1.165) is 5.56 Å². The Balaban J connectivity index is 1.45. The summed E-state index contributed by atoms with van der Waals surface area (Å²) < 4.78 is 11.3. The van der Waals surface area contributed by atoms with Gasteiger partial charge in [-0.3, -0.25) is 14.5 Å². The highest BCUT2D eigenvalue weighted by Gasteiger charge is 2.58. The average molecular weight is 486 g/mol. The third kappa shape index (κ3) is 5.46. The largest absolute Gasteiger partial charge is 0.465 e. The van der Waals surface area contributed by atoms with Crippen LogP contribution in [0.5, 0.6) is 0 Å². The van der Waals surface area contributed by atoms with Gasteiger partial charge in [0.1, 0.15) is 11.8 Å². The van der Waals surface area contributed by atoms with Gasteiger partial charge in [0, 0.05) is 38.6 Å². The Morgan fingerprint density at radius 3 is 2.63 bits per heavy atom. The van der Waals surface area contributed by atoms with Crippen molar-refractivity contribution in [2.75, 3.05) is 33.2 Å². The van der Waals surface area contributed by atoms with Crippen LogP contribution in [0.25, 0.3) is 0 Å². The van der Waals surface area contributed by atoms with Crippen molar-refractivity contribution in [2.24, 2.45) is 11.3 Å². The summed E-state index contributed by atoms with van der Waals surface area (Å²) >= 11 is 0. The molecule has 4 rings (SSSR count). The summed E-state index contributed by atoms with van der Waals surface area (Å²) in [6, 6.07) is 8.68. The number of nitrogens with zero attached hydrogens (tertiary/aromatic N) is 3. The fraction of sp³-hybridized carbons (Fsp3) is 0.500. The molecular formula is C24H31N5O6. The van der Waals surface area contributed by atoms with E-state index in [4.69, 9.17) is 9.15 Å². The number of ether oxygens (including phenoxy) is 1. The Hall–Kier alpha value is -3.44. The molecule has 2 saturated heterocycles. The maximum Gasteiger partial charge on any atom is 0.407 e. The molecule has 3 amide bonds. The Bertz CT molecular complexity index is 1020. The number of carboxylic acid groups (broad SMARTS) is 1. The SMILES string of the molecule is CNC(=O)[C@@H](NC(=O)[C@@H]1CN(Cc2cnco2)CC12CN(C(=O)O)C2)[C@@H](C)OCc1ccccc1. The van der Waals surface area contributed by atoms with Crippen LogP contribution in [-0.2, 0) is 27.5 Å². The van der Waals surface area contributed by atoms with Crippen molar-refractivity contribution in [3.8, 4) is 0 Å². The number of amides is 3. The van der Waals surface area contributed by atoms with Crippen molar-refractivity contribution < 1.29 is 28.6 Å². The topological polar surface area (TPSA) is 137 Å². The highest BCUT2D eigenvalue weighted by Crippen LogP contribution is 2.44. The number of aromatic nitrogens is 1. The molecule has 0 bridgehead atoms. The first-order valence-corrected chi connectivity index (χ1v) is 11.6. The summed E-state index contributed by atoms with van der Waals surface area (Å²) in [7, 11) is 1.51. The van der Waals surface area contributed by atoms with Crippen LogP contribution in [0.3, 0.4) is 0 Å². The molecular weight excluding hydrogens is 454 g/mol. The van der Waals surface area contributed by atoms with Crippen molar-refractivity contribution in [1.82, 2.24) is 25.4 Å². The lowest BCUT2D eigenvalue weighted by Crippen LogP contribution is -2.65. The molecule has 2 aromatic rings. The monoisotopic (exact) mass is 485 g/mol. The molecule has 2 aliphatic heterocycles. The first-order valence-electron chi connectivity index (χ1n) is 11.6. The summed E-state index contributed by atoms with van der Waals surface area (Å²) in [5, 5.41) is 14.9. The van der Waals surface area contributed by atoms with Crippen LogP contribution in [0.2, 0.25) is 0 Å². The maximum atomic E-state index is 13.5. The fourth-order valence-electron chi connectivity index (χ4n) is 4.97. The second kappa shape index (κ2) is 10.4. The number of nitrogens with one attached hydrogen (secondary N) is 2. The molecule has 0 unspecified atom stereocenters. The number of rotatable bonds is 9. The van der Waals surface area contributed by atoms with Gasteiger partial charge < -0.3 is 29.8 Å². The Labute approximate surface area is 203 Å². The number of likely N-dealkylation sites (N-methyl/N-ethyl adjacent to an activating group) is 1. The molecule has 1 aromatic carbocycles. The van der Waals surface area contributed by atoms with Gasteiger partial charge >= 0.3 is 6.09 Å². The highest BCUT2D eigenvalue weighted by molar-refractivity contribution is 5.89. The van der Waals surface area contributed by atoms with E-state index < -0.39 is 29.6 Å². The van der Waals surface area contributed by atoms with Gasteiger partial charge in [0.25, 0.3) is 0 Å². The van der Waals surface area contributed by atoms with Crippen LogP contribution >= 0.6 is 0 Å². The number of hydrogen-bond acceptors (Lipinski definition) is 7. The minimum Gasteiger partial charge on any atom is -0.465 e. The Kier molecular flexibility index (Phi) is 7.37. The van der Waals surface area contributed by atoms with Crippen LogP contribution in [-0.4, -0.2) is 83.2 Å². The van der Waals surface area contributed by atoms with Gasteiger partial charge in [0.05, 0.1) is 31.4 Å². The van der Waals surface area contributed by atoms with E-state index in [9.17, 15) is 19.5 Å². The van der Waals surface area contributed by atoms with E-state index in [1.807, 2.05) is 30.3 Å². The lowest BCUT2D eigenvalue weighted by atomic mass is 9.71. The predicted molar refractivity (Wildman–Crippen MR) is 124 cm³/mol. The number of carbonyl (C=O) groups excluding carboxylic acids is 2. The van der Waals surface area contributed by atoms with Crippen LogP contribution < -0.4 is 10.6 Å². The van der Waals surface area contributed by atoms with Gasteiger partial charge in [0.15, 0.2) is 6.39 Å². The number of benzene rings is 1. The van der Waals surface area contributed by atoms with E-state index in [-0.39, 0.29) is 24.9 Å². The normalized spacial score (nSPS) is 20.7. The minimum atomic E-state index is -1.00. The van der Waals surface area contributed by atoms with E-state index >= 15 is 0 Å². The smallest absolute Gasteiger partial charge is 0.407 e. The molecule has 11 nitrogen and oxygen atoms in total. The molecule has 2 fully saturated rings. The molecule has 35 heavy (non-hydrogen) atoms. The number of oxazole rings is 1. The first-order chi connectivity index (χ1) is 16.8. The van der Waals surface area contributed by atoms with E-state index in [1.54, 1.807) is 13.1 Å². The molecule has 1 spiro atoms. The summed E-state index contributed by atoms with van der Waals surface area (Å²) in [6.07, 6.45) is 1.39. The number of carbonyl (C=O) groups is 3. The van der Waals surface area contributed by atoms with Crippen molar-refractivity contribution in [2.45, 2.75) is 32.2 Å². The molecule has 0 radical (unpaired) electrons. The molecule has 188 valence electrons. The van der Waals surface area contributed by atoms with Crippen molar-refractivity contribution in [3.63, 3.8) is 0 Å². The van der Waals surface area contributed by atoms with Crippen LogP contribution in [0.15, 0.2) is 47.3 Å². The lowest BCUT2D eigenvalue weighted by molar-refractivity contribution is -0.138. The Morgan fingerprint density at radius 2 is 2.00 bits per heavy atom. The zero-order chi connectivity index (χ0) is 25.0. The minimum absolute atomic E-state index is 0.262. The predicted octanol–water partition coefficient (Wildman–Crippen LogP) is 0.923. The van der Waals surface area contributed by atoms with E-state index in [0.29, 0.717) is 32.0 Å². The first kappa shape index (κ1) is 24.7. The summed E-state index contributed by atoms with van der Waals surface area (Å²) in [6.45, 7) is 4.00. The standard InChI is InChI=1S/C24H31N5O6/c1-16(34-11-17-6-4-3-5-7-17)20(22(31)25-2)27-21(30)19-10-28(9-18-8-26-15-35-18)12-24(19)13-29(14-24)23(32)33/h3-8,15-16,19-20H,9-14H2,1-2H3,(H,25,31)(H,27,30)(H,32,33)/t16-,19+,20+/m1/s1. The number of hydrogen-bond donors (Lipinski definition) is 3. The summed E-state index contributed by atoms with van der Waals surface area (Å²) in [5.74, 6) is -0.472. The second-order valence-corrected chi connectivity index (χ2v) is 9.29. The maximum absolute atomic E-state index is 13.5. The second-order valence-electron chi connectivity index (χ2n) is 9.29. The molecule has 1 aromatic heterocycles. The molecule has 3 heterocycles. The zero-order valence-corrected chi connectivity index (χ0v) is 19.8. The van der Waals surface area contributed by atoms with Gasteiger partial charge in [-0.1, -0.05) is 30.3 Å². The van der Waals surface area contributed by atoms with Crippen molar-refractivity contribution in [1.29, 1.82) is 0 Å². The Morgan fingerprint density at radius 1 is 1.26 bits per heavy atom. The highest BCUT2D eigenvalue weighted by atomic mass is 16.5. The van der Waals surface area contributed by atoms with Gasteiger partial charge in [0.2, 0.25) is 11.8 Å². The molecule has 2 aliphatic rings. The summed E-state index contributed by atoms with van der Waals surface area (Å²) in [4.78, 5) is 44.9. The van der Waals surface area contributed by atoms with E-state index in [2.05, 4.69) is 20.5 Å². The van der Waals surface area contributed by atoms with Crippen LogP contribution in [0.4, 0.5) is 4.79 Å². The molecule has 11 heteroatoms. The van der Waals surface area contributed by atoms with Gasteiger partial charge in [-0.2, -0.15) is 0 Å². The van der Waals surface area contributed by atoms with Crippen molar-refractivity contribution >= 4 is 17.9 Å². The fourth-order valence-corrected chi connectivity index (χ4v) is 4.97. The summed E-state index contributed by atoms with van der Waals surface area (Å²) in [5.41, 5.74) is 0.437. The molecule has 0 saturated carbocycles. The van der Waals surface area contributed by atoms with Gasteiger partial charge in [-0.25, -0.2) is 9.78 Å². The molecule has 3 atom stereocenters. The molecule has 0 aliphatic carbocycles. The lowest BCUT2D eigenvalue weighted by Gasteiger charge is -2.49. The van der Waals surface area contributed by atoms with Crippen LogP contribution in [0, 0.1) is 11.3 Å². The van der Waals surface area contributed by atoms with Gasteiger partial charge in [-0.15, -0.1) is 0 Å². The zero-order valence-electron chi connectivity index (χ0n) is 19.8. The van der Waals surface area contributed by atoms with Crippen LogP contribution in [0.1, 0.15) is 18.2 Å². The van der Waals surface area contributed by atoms with Crippen molar-refractivity contribution in [3.05, 3.63) is 54.2 Å². The quantitative estimate of drug-likeness (QED) is 0.477. The third-order valence-electron chi connectivity index (χ3n) is 6.83. The van der Waals surface area contributed by atoms with Gasteiger partial charge in [-0.05, 0) is 12.5 Å². The third-order valence-corrected chi connectivity index (χ3v) is 6.83. The van der Waals surface area contributed by atoms with E-state index in [1.165, 1.54) is 18.3 Å². The molecule has 3 N–H and O–H groups in total.